The highest BCUT2D eigenvalue weighted by Crippen LogP contribution is 2.19. The zero-order chi connectivity index (χ0) is 17.4. The summed E-state index contributed by atoms with van der Waals surface area (Å²) in [6.45, 7) is 2.59. The summed E-state index contributed by atoms with van der Waals surface area (Å²) in [4.78, 5) is 17.1. The van der Waals surface area contributed by atoms with Gasteiger partial charge in [-0.3, -0.25) is 15.6 Å². The highest BCUT2D eigenvalue weighted by Gasteiger charge is 2.06. The summed E-state index contributed by atoms with van der Waals surface area (Å²) in [6, 6.07) is 7.68. The summed E-state index contributed by atoms with van der Waals surface area (Å²) in [5.74, 6) is 0.662. The Kier molecular flexibility index (Phi) is 7.77. The maximum Gasteiger partial charge on any atom is 0.244 e. The molecule has 24 heavy (non-hydrogen) atoms. The van der Waals surface area contributed by atoms with E-state index in [2.05, 4.69) is 21.2 Å². The fraction of sp³-hybridized carbons (Fsp3) is 0.267. The van der Waals surface area contributed by atoms with Crippen molar-refractivity contribution in [3.8, 4) is 0 Å². The average Bonchev–Trinajstić information content (AvgIpc) is 2.96. The summed E-state index contributed by atoms with van der Waals surface area (Å²) in [6.07, 6.45) is 0.229. The van der Waals surface area contributed by atoms with Gasteiger partial charge >= 0.3 is 0 Å². The van der Waals surface area contributed by atoms with Gasteiger partial charge in [0.2, 0.25) is 5.91 Å². The molecule has 3 N–H and O–H groups in total. The van der Waals surface area contributed by atoms with E-state index in [4.69, 9.17) is 23.8 Å². The first-order chi connectivity index (χ1) is 11.5. The Morgan fingerprint density at radius 3 is 2.75 bits per heavy atom. The molecular weight excluding hydrogens is 384 g/mol. The molecule has 0 bridgehead atoms. The molecule has 0 atom stereocenters. The molecule has 0 saturated heterocycles. The summed E-state index contributed by atoms with van der Waals surface area (Å²) in [5.41, 5.74) is 6.00. The second-order valence-electron chi connectivity index (χ2n) is 4.77. The van der Waals surface area contributed by atoms with Crippen LogP contribution in [0.15, 0.2) is 34.5 Å². The van der Waals surface area contributed by atoms with Crippen LogP contribution in [0.25, 0.3) is 0 Å². The largest absolute Gasteiger partial charge is 0.361 e. The number of carbonyl (C=O) groups excluding carboxylic acids is 1. The molecule has 0 unspecified atom stereocenters. The van der Waals surface area contributed by atoms with Crippen molar-refractivity contribution in [2.75, 3.05) is 12.3 Å². The van der Waals surface area contributed by atoms with E-state index in [1.165, 1.54) is 11.3 Å². The van der Waals surface area contributed by atoms with Gasteiger partial charge in [-0.15, -0.1) is 23.1 Å². The van der Waals surface area contributed by atoms with Gasteiger partial charge in [0.1, 0.15) is 0 Å². The lowest BCUT2D eigenvalue weighted by Crippen LogP contribution is -2.47. The Morgan fingerprint density at radius 1 is 1.33 bits per heavy atom. The number of thiocarbonyl (C=S) groups is 1. The van der Waals surface area contributed by atoms with E-state index in [9.17, 15) is 4.79 Å². The number of hydrazine groups is 1. The molecule has 5 nitrogen and oxygen atoms in total. The van der Waals surface area contributed by atoms with Crippen LogP contribution in [0, 0.1) is 6.92 Å². The Morgan fingerprint density at radius 2 is 2.08 bits per heavy atom. The first kappa shape index (κ1) is 19.0. The van der Waals surface area contributed by atoms with E-state index in [0.29, 0.717) is 11.7 Å². The van der Waals surface area contributed by atoms with Crippen molar-refractivity contribution in [2.24, 2.45) is 0 Å². The van der Waals surface area contributed by atoms with E-state index < -0.39 is 0 Å². The number of rotatable bonds is 6. The minimum atomic E-state index is -0.181. The van der Waals surface area contributed by atoms with Gasteiger partial charge in [0.05, 0.1) is 17.1 Å². The van der Waals surface area contributed by atoms with Crippen molar-refractivity contribution in [1.29, 1.82) is 0 Å². The molecule has 0 radical (unpaired) electrons. The molecule has 1 aromatic heterocycles. The second-order valence-corrected chi connectivity index (χ2v) is 7.84. The monoisotopic (exact) mass is 400 g/mol. The van der Waals surface area contributed by atoms with E-state index in [1.54, 1.807) is 11.8 Å². The summed E-state index contributed by atoms with van der Waals surface area (Å²) < 4.78 is 0. The fourth-order valence-electron chi connectivity index (χ4n) is 1.73. The van der Waals surface area contributed by atoms with Gasteiger partial charge in [-0.2, -0.15) is 0 Å². The fourth-order valence-corrected chi connectivity index (χ4v) is 3.39. The van der Waals surface area contributed by atoms with Crippen molar-refractivity contribution < 1.29 is 4.79 Å². The van der Waals surface area contributed by atoms with Crippen LogP contribution >= 0.6 is 46.9 Å². The third-order valence-corrected chi connectivity index (χ3v) is 5.13. The Labute approximate surface area is 159 Å². The maximum atomic E-state index is 11.8. The standard InChI is InChI=1S/C15H17ClN4OS3/c1-10-18-12(9-24-10)8-14(21)19-20-15(22)17-6-7-23-13-4-2-11(16)3-5-13/h2-5,9H,6-8H2,1H3,(H,19,21)(H2,17,20,22). The lowest BCUT2D eigenvalue weighted by atomic mass is 10.3. The first-order valence-corrected chi connectivity index (χ1v) is 9.80. The lowest BCUT2D eigenvalue weighted by molar-refractivity contribution is -0.121. The molecule has 0 aliphatic carbocycles. The molecule has 9 heteroatoms. The van der Waals surface area contributed by atoms with Crippen LogP contribution in [-0.2, 0) is 11.2 Å². The van der Waals surface area contributed by atoms with Gasteiger partial charge in [0.25, 0.3) is 0 Å². The van der Waals surface area contributed by atoms with Gasteiger partial charge in [-0.05, 0) is 43.4 Å². The zero-order valence-corrected chi connectivity index (χ0v) is 16.2. The van der Waals surface area contributed by atoms with Gasteiger partial charge in [-0.25, -0.2) is 4.98 Å². The number of benzene rings is 1. The third kappa shape index (κ3) is 7.04. The predicted octanol–water partition coefficient (Wildman–Crippen LogP) is 2.94. The quantitative estimate of drug-likeness (QED) is 0.300. The SMILES string of the molecule is Cc1nc(CC(=O)NNC(=S)NCCSc2ccc(Cl)cc2)cs1. The Bertz CT molecular complexity index is 690. The maximum absolute atomic E-state index is 11.8. The van der Waals surface area contributed by atoms with Crippen LogP contribution in [0.3, 0.4) is 0 Å². The van der Waals surface area contributed by atoms with Crippen LogP contribution < -0.4 is 16.2 Å². The Balaban J connectivity index is 1.57. The second kappa shape index (κ2) is 9.83. The molecule has 0 saturated carbocycles. The topological polar surface area (TPSA) is 66.0 Å². The molecule has 2 rings (SSSR count). The van der Waals surface area contributed by atoms with Crippen LogP contribution in [0.1, 0.15) is 10.7 Å². The number of aromatic nitrogens is 1. The molecule has 1 amide bonds. The smallest absolute Gasteiger partial charge is 0.244 e. The minimum absolute atomic E-state index is 0.181. The number of nitrogens with one attached hydrogen (secondary N) is 3. The van der Waals surface area contributed by atoms with E-state index in [0.717, 1.165) is 26.4 Å². The summed E-state index contributed by atoms with van der Waals surface area (Å²) in [5, 5.41) is 6.96. The number of thiazole rings is 1. The number of halogens is 1. The van der Waals surface area contributed by atoms with Gasteiger partial charge in [-0.1, -0.05) is 11.6 Å². The molecule has 2 aromatic rings. The van der Waals surface area contributed by atoms with E-state index in [1.807, 2.05) is 36.6 Å². The first-order valence-electron chi connectivity index (χ1n) is 7.15. The van der Waals surface area contributed by atoms with Crippen LogP contribution in [0.2, 0.25) is 5.02 Å². The highest BCUT2D eigenvalue weighted by atomic mass is 35.5. The summed E-state index contributed by atoms with van der Waals surface area (Å²) in [7, 11) is 0. The molecule has 1 aromatic carbocycles. The number of hydrogen-bond acceptors (Lipinski definition) is 5. The number of amides is 1. The molecule has 0 spiro atoms. The number of aryl methyl sites for hydroxylation is 1. The minimum Gasteiger partial charge on any atom is -0.361 e. The van der Waals surface area contributed by atoms with Crippen molar-refractivity contribution in [2.45, 2.75) is 18.2 Å². The van der Waals surface area contributed by atoms with Crippen molar-refractivity contribution in [3.05, 3.63) is 45.4 Å². The van der Waals surface area contributed by atoms with Crippen LogP contribution in [0.5, 0.6) is 0 Å². The molecule has 128 valence electrons. The Hall–Kier alpha value is -1.35. The van der Waals surface area contributed by atoms with Gasteiger partial charge < -0.3 is 5.32 Å². The normalized spacial score (nSPS) is 10.2. The molecule has 0 fully saturated rings. The van der Waals surface area contributed by atoms with Crippen molar-refractivity contribution in [3.63, 3.8) is 0 Å². The molecule has 0 aliphatic rings. The van der Waals surface area contributed by atoms with Crippen molar-refractivity contribution in [1.82, 2.24) is 21.2 Å². The van der Waals surface area contributed by atoms with E-state index in [-0.39, 0.29) is 12.3 Å². The highest BCUT2D eigenvalue weighted by molar-refractivity contribution is 7.99. The molecule has 1 heterocycles. The number of hydrogen-bond donors (Lipinski definition) is 3. The third-order valence-electron chi connectivity index (χ3n) is 2.79. The molecular formula is C15H17ClN4OS3. The van der Waals surface area contributed by atoms with Crippen LogP contribution in [0.4, 0.5) is 0 Å². The summed E-state index contributed by atoms with van der Waals surface area (Å²) >= 11 is 14.2. The number of thioether (sulfide) groups is 1. The van der Waals surface area contributed by atoms with Crippen molar-refractivity contribution >= 4 is 57.9 Å². The van der Waals surface area contributed by atoms with Crippen LogP contribution in [-0.4, -0.2) is 28.3 Å². The predicted molar refractivity (Wildman–Crippen MR) is 105 cm³/mol. The van der Waals surface area contributed by atoms with Gasteiger partial charge in [0, 0.05) is 27.6 Å². The number of nitrogens with zero attached hydrogens (tertiary/aromatic N) is 1. The number of carbonyl (C=O) groups is 1. The van der Waals surface area contributed by atoms with E-state index >= 15 is 0 Å². The van der Waals surface area contributed by atoms with Gasteiger partial charge in [0.15, 0.2) is 5.11 Å². The zero-order valence-electron chi connectivity index (χ0n) is 13.0. The average molecular weight is 401 g/mol. The lowest BCUT2D eigenvalue weighted by Gasteiger charge is -2.11. The molecule has 0 aliphatic heterocycles.